The monoisotopic (exact) mass is 359 g/mol. The van der Waals surface area contributed by atoms with Gasteiger partial charge in [-0.15, -0.1) is 11.3 Å². The minimum absolute atomic E-state index is 0.0144. The summed E-state index contributed by atoms with van der Waals surface area (Å²) < 4.78 is 0. The van der Waals surface area contributed by atoms with E-state index in [1.165, 1.54) is 34.7 Å². The first-order valence-corrected chi connectivity index (χ1v) is 9.19. The number of rotatable bonds is 5. The lowest BCUT2D eigenvalue weighted by atomic mass is 9.93. The summed E-state index contributed by atoms with van der Waals surface area (Å²) in [4.78, 5) is 26.2. The molecule has 1 aliphatic rings. The molecule has 0 unspecified atom stereocenters. The maximum Gasteiger partial charge on any atom is 0.269 e. The Labute approximate surface area is 150 Å². The van der Waals surface area contributed by atoms with E-state index in [1.54, 1.807) is 11.3 Å². The van der Waals surface area contributed by atoms with Gasteiger partial charge in [0, 0.05) is 48.2 Å². The lowest BCUT2D eigenvalue weighted by Crippen LogP contribution is -2.40. The third-order valence-corrected chi connectivity index (χ3v) is 5.82. The Bertz CT molecular complexity index is 772. The van der Waals surface area contributed by atoms with E-state index in [-0.39, 0.29) is 11.6 Å². The maximum absolute atomic E-state index is 12.2. The fraction of sp³-hybridized carbons (Fsp3) is 0.389. The zero-order chi connectivity index (χ0) is 18.0. The van der Waals surface area contributed by atoms with Gasteiger partial charge in [0.15, 0.2) is 0 Å². The number of hydrogen-bond donors (Lipinski definition) is 1. The van der Waals surface area contributed by atoms with Crippen LogP contribution in [0.1, 0.15) is 46.6 Å². The van der Waals surface area contributed by atoms with Gasteiger partial charge in [-0.05, 0) is 42.0 Å². The summed E-state index contributed by atoms with van der Waals surface area (Å²) >= 11 is 1.80. The first-order chi connectivity index (χ1) is 12.0. The average molecular weight is 359 g/mol. The molecule has 2 atom stereocenters. The molecular formula is C18H21N3O3S. The molecule has 132 valence electrons. The van der Waals surface area contributed by atoms with Gasteiger partial charge in [-0.3, -0.25) is 19.8 Å². The number of hydrogen-bond acceptors (Lipinski definition) is 5. The molecule has 0 aliphatic carbocycles. The average Bonchev–Trinajstić information content (AvgIpc) is 3.09. The third-order valence-electron chi connectivity index (χ3n) is 4.72. The second-order valence-electron chi connectivity index (χ2n) is 6.37. The second-order valence-corrected chi connectivity index (χ2v) is 7.32. The fourth-order valence-electron chi connectivity index (χ4n) is 3.29. The van der Waals surface area contributed by atoms with Crippen LogP contribution < -0.4 is 5.32 Å². The number of amides is 1. The van der Waals surface area contributed by atoms with E-state index < -0.39 is 4.92 Å². The van der Waals surface area contributed by atoms with Crippen LogP contribution in [0.3, 0.4) is 0 Å². The summed E-state index contributed by atoms with van der Waals surface area (Å²) in [6, 6.07) is 8.24. The van der Waals surface area contributed by atoms with Crippen molar-refractivity contribution < 1.29 is 9.72 Å². The van der Waals surface area contributed by atoms with E-state index in [2.05, 4.69) is 35.5 Å². The zero-order valence-corrected chi connectivity index (χ0v) is 15.1. The van der Waals surface area contributed by atoms with E-state index in [0.29, 0.717) is 24.1 Å². The van der Waals surface area contributed by atoms with Gasteiger partial charge in [-0.1, -0.05) is 6.92 Å². The summed E-state index contributed by atoms with van der Waals surface area (Å²) in [5.74, 6) is 0.298. The number of nitro benzene ring substituents is 1. The summed E-state index contributed by atoms with van der Waals surface area (Å²) in [6.45, 7) is 6.76. The van der Waals surface area contributed by atoms with Gasteiger partial charge in [-0.25, -0.2) is 0 Å². The van der Waals surface area contributed by atoms with Crippen LogP contribution in [0.15, 0.2) is 35.7 Å². The predicted molar refractivity (Wildman–Crippen MR) is 98.2 cm³/mol. The Kier molecular flexibility index (Phi) is 5.15. The van der Waals surface area contributed by atoms with Crippen molar-refractivity contribution in [2.45, 2.75) is 25.8 Å². The van der Waals surface area contributed by atoms with Gasteiger partial charge in [0.25, 0.3) is 11.6 Å². The number of non-ortho nitro benzene ring substituents is 1. The van der Waals surface area contributed by atoms with Crippen LogP contribution >= 0.6 is 11.3 Å². The summed E-state index contributed by atoms with van der Waals surface area (Å²) in [6.07, 6.45) is 0. The van der Waals surface area contributed by atoms with Crippen molar-refractivity contribution in [3.63, 3.8) is 0 Å². The maximum atomic E-state index is 12.2. The van der Waals surface area contributed by atoms with E-state index in [9.17, 15) is 14.9 Å². The molecule has 1 N–H and O–H groups in total. The molecule has 2 heterocycles. The third kappa shape index (κ3) is 3.72. The number of thiophene rings is 1. The number of carbonyl (C=O) groups excluding carboxylic acids is 1. The molecular weight excluding hydrogens is 338 g/mol. The standard InChI is InChI=1S/C18H21N3O3S/c1-12-11-20(13(2)17-16(12)7-10-25-17)9-8-19-18(22)14-3-5-15(6-4-14)21(23)24/h3-7,10,12-13H,8-9,11H2,1-2H3,(H,19,22)/t12-,13+/m0/s1. The van der Waals surface area contributed by atoms with Gasteiger partial charge in [0.05, 0.1) is 4.92 Å². The number of nitrogens with one attached hydrogen (secondary N) is 1. The Morgan fingerprint density at radius 2 is 2.04 bits per heavy atom. The fourth-order valence-corrected chi connectivity index (χ4v) is 4.40. The van der Waals surface area contributed by atoms with Gasteiger partial charge < -0.3 is 5.32 Å². The molecule has 7 heteroatoms. The molecule has 1 aromatic heterocycles. The van der Waals surface area contributed by atoms with Crippen molar-refractivity contribution >= 4 is 22.9 Å². The molecule has 0 saturated heterocycles. The number of benzene rings is 1. The molecule has 1 aliphatic heterocycles. The normalized spacial score (nSPS) is 20.1. The van der Waals surface area contributed by atoms with E-state index in [4.69, 9.17) is 0 Å². The number of carbonyl (C=O) groups is 1. The molecule has 0 bridgehead atoms. The lowest BCUT2D eigenvalue weighted by molar-refractivity contribution is -0.384. The molecule has 6 nitrogen and oxygen atoms in total. The Morgan fingerprint density at radius 1 is 1.32 bits per heavy atom. The predicted octanol–water partition coefficient (Wildman–Crippen LogP) is 3.57. The van der Waals surface area contributed by atoms with Crippen LogP contribution in [0.5, 0.6) is 0 Å². The molecule has 3 rings (SSSR count). The summed E-state index contributed by atoms with van der Waals surface area (Å²) in [5, 5.41) is 15.7. The van der Waals surface area contributed by atoms with E-state index in [0.717, 1.165) is 13.1 Å². The van der Waals surface area contributed by atoms with Crippen LogP contribution in [0, 0.1) is 10.1 Å². The smallest absolute Gasteiger partial charge is 0.269 e. The number of nitro groups is 1. The van der Waals surface area contributed by atoms with Crippen LogP contribution in [-0.4, -0.2) is 35.4 Å². The highest BCUT2D eigenvalue weighted by atomic mass is 32.1. The van der Waals surface area contributed by atoms with Crippen molar-refractivity contribution in [2.75, 3.05) is 19.6 Å². The van der Waals surface area contributed by atoms with E-state index >= 15 is 0 Å². The Morgan fingerprint density at radius 3 is 2.72 bits per heavy atom. The molecule has 0 saturated carbocycles. The minimum Gasteiger partial charge on any atom is -0.351 e. The molecule has 1 amide bonds. The second kappa shape index (κ2) is 7.33. The number of fused-ring (bicyclic) bond motifs is 1. The molecule has 25 heavy (non-hydrogen) atoms. The van der Waals surface area contributed by atoms with Crippen LogP contribution in [0.2, 0.25) is 0 Å². The van der Waals surface area contributed by atoms with Gasteiger partial charge in [0.2, 0.25) is 0 Å². The zero-order valence-electron chi connectivity index (χ0n) is 14.3. The largest absolute Gasteiger partial charge is 0.351 e. The molecule has 2 aromatic rings. The van der Waals surface area contributed by atoms with Gasteiger partial charge >= 0.3 is 0 Å². The number of nitrogens with zero attached hydrogens (tertiary/aromatic N) is 2. The highest BCUT2D eigenvalue weighted by Gasteiger charge is 2.28. The van der Waals surface area contributed by atoms with E-state index in [1.807, 2.05) is 0 Å². The van der Waals surface area contributed by atoms with Crippen LogP contribution in [0.25, 0.3) is 0 Å². The lowest BCUT2D eigenvalue weighted by Gasteiger charge is -2.36. The van der Waals surface area contributed by atoms with Gasteiger partial charge in [0.1, 0.15) is 0 Å². The van der Waals surface area contributed by atoms with Crippen molar-refractivity contribution in [1.29, 1.82) is 0 Å². The summed E-state index contributed by atoms with van der Waals surface area (Å²) in [5.41, 5.74) is 1.87. The highest BCUT2D eigenvalue weighted by Crippen LogP contribution is 2.38. The molecule has 1 aromatic carbocycles. The van der Waals surface area contributed by atoms with Crippen molar-refractivity contribution in [2.24, 2.45) is 0 Å². The highest BCUT2D eigenvalue weighted by molar-refractivity contribution is 7.10. The Hall–Kier alpha value is -2.25. The first-order valence-electron chi connectivity index (χ1n) is 8.31. The quantitative estimate of drug-likeness (QED) is 0.654. The molecule has 0 radical (unpaired) electrons. The minimum atomic E-state index is -0.473. The SMILES string of the molecule is C[C@@H]1c2sccc2[C@@H](C)CN1CCNC(=O)c1ccc([N+](=O)[O-])cc1. The first kappa shape index (κ1) is 17.6. The van der Waals surface area contributed by atoms with Crippen molar-refractivity contribution in [3.8, 4) is 0 Å². The summed E-state index contributed by atoms with van der Waals surface area (Å²) in [7, 11) is 0. The van der Waals surface area contributed by atoms with Crippen molar-refractivity contribution in [1.82, 2.24) is 10.2 Å². The topological polar surface area (TPSA) is 75.5 Å². The van der Waals surface area contributed by atoms with Crippen LogP contribution in [0.4, 0.5) is 5.69 Å². The molecule has 0 fully saturated rings. The van der Waals surface area contributed by atoms with Crippen LogP contribution in [-0.2, 0) is 0 Å². The van der Waals surface area contributed by atoms with Gasteiger partial charge in [-0.2, -0.15) is 0 Å². The van der Waals surface area contributed by atoms with Crippen molar-refractivity contribution in [3.05, 3.63) is 61.8 Å². The Balaban J connectivity index is 1.54. The molecule has 0 spiro atoms.